The second-order valence-electron chi connectivity index (χ2n) is 7.93. The van der Waals surface area contributed by atoms with E-state index in [4.69, 9.17) is 4.74 Å². The van der Waals surface area contributed by atoms with E-state index in [2.05, 4.69) is 23.8 Å². The normalized spacial score (nSPS) is 12.4. The van der Waals surface area contributed by atoms with Crippen molar-refractivity contribution in [3.05, 3.63) is 41.6 Å². The van der Waals surface area contributed by atoms with Crippen LogP contribution in [0.2, 0.25) is 0 Å². The van der Waals surface area contributed by atoms with Crippen LogP contribution >= 0.6 is 0 Å². The number of hydrogen-bond acceptors (Lipinski definition) is 4. The predicted molar refractivity (Wildman–Crippen MR) is 100 cm³/mol. The molecule has 0 aliphatic carbocycles. The summed E-state index contributed by atoms with van der Waals surface area (Å²) in [5.74, 6) is 0.262. The van der Waals surface area contributed by atoms with Gasteiger partial charge >= 0.3 is 12.2 Å². The number of ether oxygens (including phenoxy) is 1. The third-order valence-corrected chi connectivity index (χ3v) is 3.73. The van der Waals surface area contributed by atoms with Crippen LogP contribution in [0.15, 0.2) is 30.5 Å². The first kappa shape index (κ1) is 21.0. The van der Waals surface area contributed by atoms with Gasteiger partial charge in [0.25, 0.3) is 0 Å². The van der Waals surface area contributed by atoms with Crippen molar-refractivity contribution in [2.45, 2.75) is 52.8 Å². The molecule has 0 spiro atoms. The molecule has 0 fully saturated rings. The van der Waals surface area contributed by atoms with Crippen LogP contribution in [-0.4, -0.2) is 22.6 Å². The lowest BCUT2D eigenvalue weighted by molar-refractivity contribution is -0.137. The Labute approximate surface area is 158 Å². The molecule has 0 bridgehead atoms. The van der Waals surface area contributed by atoms with E-state index in [1.165, 1.54) is 4.90 Å². The van der Waals surface area contributed by atoms with Crippen LogP contribution in [0, 0.1) is 5.92 Å². The molecule has 0 atom stereocenters. The van der Waals surface area contributed by atoms with E-state index < -0.39 is 17.3 Å². The van der Waals surface area contributed by atoms with Gasteiger partial charge in [-0.15, -0.1) is 0 Å². The van der Waals surface area contributed by atoms with Crippen LogP contribution in [0.25, 0.3) is 0 Å². The predicted octanol–water partition coefficient (Wildman–Crippen LogP) is 5.64. The van der Waals surface area contributed by atoms with Crippen LogP contribution in [-0.2, 0) is 12.6 Å². The van der Waals surface area contributed by atoms with Crippen LogP contribution in [0.3, 0.4) is 0 Å². The molecular formula is C20H26F3N3O. The molecule has 148 valence electrons. The van der Waals surface area contributed by atoms with Gasteiger partial charge in [-0.2, -0.15) is 18.2 Å². The number of benzene rings is 1. The molecular weight excluding hydrogens is 355 g/mol. The van der Waals surface area contributed by atoms with Gasteiger partial charge in [0.2, 0.25) is 0 Å². The zero-order valence-electron chi connectivity index (χ0n) is 16.6. The average molecular weight is 381 g/mol. The average Bonchev–Trinajstić information content (AvgIpc) is 2.51. The quantitative estimate of drug-likeness (QED) is 0.672. The molecule has 0 aliphatic heterocycles. The van der Waals surface area contributed by atoms with Crippen molar-refractivity contribution in [2.24, 2.45) is 5.92 Å². The fraction of sp³-hybridized carbons (Fsp3) is 0.500. The summed E-state index contributed by atoms with van der Waals surface area (Å²) >= 11 is 0. The van der Waals surface area contributed by atoms with Crippen LogP contribution in [0.5, 0.6) is 6.01 Å². The summed E-state index contributed by atoms with van der Waals surface area (Å²) < 4.78 is 45.9. The lowest BCUT2D eigenvalue weighted by Crippen LogP contribution is -2.26. The van der Waals surface area contributed by atoms with Gasteiger partial charge in [-0.1, -0.05) is 26.0 Å². The highest BCUT2D eigenvalue weighted by molar-refractivity contribution is 5.63. The number of hydrogen-bond donors (Lipinski definition) is 0. The summed E-state index contributed by atoms with van der Waals surface area (Å²) in [6, 6.07) is 7.35. The van der Waals surface area contributed by atoms with E-state index >= 15 is 0 Å². The zero-order valence-corrected chi connectivity index (χ0v) is 16.6. The molecule has 2 aromatic rings. The molecule has 2 rings (SSSR count). The lowest BCUT2D eigenvalue weighted by atomic mass is 10.0. The van der Waals surface area contributed by atoms with Gasteiger partial charge in [-0.3, -0.25) is 0 Å². The van der Waals surface area contributed by atoms with Crippen molar-refractivity contribution < 1.29 is 17.9 Å². The first-order valence-corrected chi connectivity index (χ1v) is 8.83. The summed E-state index contributed by atoms with van der Waals surface area (Å²) in [4.78, 5) is 9.18. The number of rotatable bonds is 5. The summed E-state index contributed by atoms with van der Waals surface area (Å²) in [6.07, 6.45) is -2.89. The summed E-state index contributed by atoms with van der Waals surface area (Å²) in [5, 5.41) is 0. The van der Waals surface area contributed by atoms with Crippen LogP contribution < -0.4 is 9.64 Å². The van der Waals surface area contributed by atoms with Gasteiger partial charge in [0, 0.05) is 18.9 Å². The fourth-order valence-corrected chi connectivity index (χ4v) is 2.59. The van der Waals surface area contributed by atoms with Gasteiger partial charge < -0.3 is 9.64 Å². The van der Waals surface area contributed by atoms with E-state index in [1.54, 1.807) is 40.0 Å². The van der Waals surface area contributed by atoms with Gasteiger partial charge in [-0.05, 0) is 50.8 Å². The summed E-state index contributed by atoms with van der Waals surface area (Å²) in [5.41, 5.74) is 0.220. The third-order valence-electron chi connectivity index (χ3n) is 3.73. The highest BCUT2D eigenvalue weighted by Crippen LogP contribution is 2.38. The molecule has 0 amide bonds. The van der Waals surface area contributed by atoms with Crippen LogP contribution in [0.4, 0.5) is 24.7 Å². The Morgan fingerprint density at radius 3 is 2.15 bits per heavy atom. The maximum atomic E-state index is 13.5. The van der Waals surface area contributed by atoms with E-state index in [0.29, 0.717) is 11.6 Å². The molecule has 0 radical (unpaired) electrons. The van der Waals surface area contributed by atoms with Crippen molar-refractivity contribution in [3.63, 3.8) is 0 Å². The molecule has 1 aromatic heterocycles. The first-order chi connectivity index (χ1) is 12.4. The Morgan fingerprint density at radius 2 is 1.67 bits per heavy atom. The Kier molecular flexibility index (Phi) is 6.02. The highest BCUT2D eigenvalue weighted by Gasteiger charge is 2.37. The first-order valence-electron chi connectivity index (χ1n) is 8.83. The maximum Gasteiger partial charge on any atom is 0.421 e. The molecule has 0 saturated heterocycles. The van der Waals surface area contributed by atoms with E-state index in [0.717, 1.165) is 18.2 Å². The largest absolute Gasteiger partial charge is 0.458 e. The lowest BCUT2D eigenvalue weighted by Gasteiger charge is -2.25. The van der Waals surface area contributed by atoms with Gasteiger partial charge in [-0.25, -0.2) is 4.98 Å². The molecule has 1 aromatic carbocycles. The molecule has 1 heterocycles. The fourth-order valence-electron chi connectivity index (χ4n) is 2.59. The van der Waals surface area contributed by atoms with Crippen molar-refractivity contribution >= 4 is 11.5 Å². The van der Waals surface area contributed by atoms with Gasteiger partial charge in [0.05, 0.1) is 0 Å². The van der Waals surface area contributed by atoms with Crippen molar-refractivity contribution in [1.29, 1.82) is 0 Å². The summed E-state index contributed by atoms with van der Waals surface area (Å²) in [7, 11) is 1.55. The number of aromatic nitrogens is 2. The van der Waals surface area contributed by atoms with Gasteiger partial charge in [0.15, 0.2) is 5.82 Å². The smallest absolute Gasteiger partial charge is 0.421 e. The van der Waals surface area contributed by atoms with E-state index in [1.807, 2.05) is 12.1 Å². The maximum absolute atomic E-state index is 13.5. The minimum Gasteiger partial charge on any atom is -0.458 e. The second kappa shape index (κ2) is 7.74. The van der Waals surface area contributed by atoms with Crippen LogP contribution in [0.1, 0.15) is 45.7 Å². The standard InChI is InChI=1S/C20H26F3N3O/c1-13(2)11-14-7-9-15(10-8-14)26(6)17-16(20(21,22)23)12-24-18(25-17)27-19(3,4)5/h7-10,12-13H,11H2,1-6H3. The molecule has 27 heavy (non-hydrogen) atoms. The van der Waals surface area contributed by atoms with Crippen molar-refractivity contribution in [2.75, 3.05) is 11.9 Å². The highest BCUT2D eigenvalue weighted by atomic mass is 19.4. The Balaban J connectivity index is 2.42. The number of anilines is 2. The molecule has 7 heteroatoms. The number of alkyl halides is 3. The molecule has 0 aliphatic rings. The zero-order chi connectivity index (χ0) is 20.4. The molecule has 4 nitrogen and oxygen atoms in total. The topological polar surface area (TPSA) is 38.2 Å². The Bertz CT molecular complexity index is 766. The molecule has 0 N–H and O–H groups in total. The van der Waals surface area contributed by atoms with E-state index in [9.17, 15) is 13.2 Å². The SMILES string of the molecule is CC(C)Cc1ccc(N(C)c2nc(OC(C)(C)C)ncc2C(F)(F)F)cc1. The molecule has 0 saturated carbocycles. The second-order valence-corrected chi connectivity index (χ2v) is 7.93. The van der Waals surface area contributed by atoms with Gasteiger partial charge in [0.1, 0.15) is 11.2 Å². The Hall–Kier alpha value is -2.31. The minimum absolute atomic E-state index is 0.0891. The Morgan fingerprint density at radius 1 is 1.07 bits per heavy atom. The number of halogens is 3. The monoisotopic (exact) mass is 381 g/mol. The van der Waals surface area contributed by atoms with Crippen molar-refractivity contribution in [3.8, 4) is 6.01 Å². The number of nitrogens with zero attached hydrogens (tertiary/aromatic N) is 3. The van der Waals surface area contributed by atoms with E-state index in [-0.39, 0.29) is 11.8 Å². The van der Waals surface area contributed by atoms with Crippen molar-refractivity contribution in [1.82, 2.24) is 9.97 Å². The minimum atomic E-state index is -4.57. The molecule has 0 unspecified atom stereocenters. The third kappa shape index (κ3) is 5.84. The summed E-state index contributed by atoms with van der Waals surface area (Å²) in [6.45, 7) is 9.58.